The Morgan fingerprint density at radius 3 is 2.71 bits per heavy atom. The maximum absolute atomic E-state index is 5.65. The standard InChI is InChI=1S/C14H20N4OS.ClH/c1-18-13(8-9-15)16-17-14(18)20-11-5-10-19-12-6-3-2-4-7-12;/h2-4,6-7H,5,8-11,15H2,1H3;1H. The number of benzene rings is 1. The quantitative estimate of drug-likeness (QED) is 0.595. The molecule has 0 atom stereocenters. The molecule has 0 radical (unpaired) electrons. The summed E-state index contributed by atoms with van der Waals surface area (Å²) in [5.41, 5.74) is 5.53. The first kappa shape index (κ1) is 17.8. The van der Waals surface area contributed by atoms with Crippen LogP contribution in [0.15, 0.2) is 35.5 Å². The van der Waals surface area contributed by atoms with Crippen molar-refractivity contribution in [2.24, 2.45) is 12.8 Å². The molecule has 5 nitrogen and oxygen atoms in total. The minimum absolute atomic E-state index is 0. The van der Waals surface area contributed by atoms with Crippen molar-refractivity contribution in [1.29, 1.82) is 0 Å². The third-order valence-electron chi connectivity index (χ3n) is 2.82. The molecule has 0 unspecified atom stereocenters. The molecule has 7 heteroatoms. The Balaban J connectivity index is 0.00000220. The van der Waals surface area contributed by atoms with Crippen LogP contribution in [0.25, 0.3) is 0 Å². The van der Waals surface area contributed by atoms with E-state index in [4.69, 9.17) is 10.5 Å². The minimum atomic E-state index is 0. The maximum Gasteiger partial charge on any atom is 0.190 e. The summed E-state index contributed by atoms with van der Waals surface area (Å²) in [5.74, 6) is 2.82. The summed E-state index contributed by atoms with van der Waals surface area (Å²) in [6.07, 6.45) is 1.74. The molecule has 2 N–H and O–H groups in total. The maximum atomic E-state index is 5.65. The smallest absolute Gasteiger partial charge is 0.190 e. The number of para-hydroxylation sites is 1. The first-order valence-corrected chi connectivity index (χ1v) is 7.69. The van der Waals surface area contributed by atoms with Gasteiger partial charge in [0.25, 0.3) is 0 Å². The van der Waals surface area contributed by atoms with E-state index in [-0.39, 0.29) is 12.4 Å². The topological polar surface area (TPSA) is 66.0 Å². The largest absolute Gasteiger partial charge is 0.494 e. The number of nitrogens with zero attached hydrogens (tertiary/aromatic N) is 3. The van der Waals surface area contributed by atoms with Gasteiger partial charge in [0.1, 0.15) is 11.6 Å². The molecule has 1 heterocycles. The third-order valence-corrected chi connectivity index (χ3v) is 3.93. The van der Waals surface area contributed by atoms with Crippen LogP contribution < -0.4 is 10.5 Å². The first-order chi connectivity index (χ1) is 9.81. The lowest BCUT2D eigenvalue weighted by molar-refractivity contribution is 0.318. The van der Waals surface area contributed by atoms with Crippen LogP contribution in [-0.2, 0) is 13.5 Å². The molecule has 1 aromatic carbocycles. The van der Waals surface area contributed by atoms with Crippen molar-refractivity contribution < 1.29 is 4.74 Å². The highest BCUT2D eigenvalue weighted by Gasteiger charge is 2.07. The van der Waals surface area contributed by atoms with Gasteiger partial charge < -0.3 is 15.0 Å². The van der Waals surface area contributed by atoms with Gasteiger partial charge in [-0.3, -0.25) is 0 Å². The normalized spacial score (nSPS) is 10.2. The van der Waals surface area contributed by atoms with Gasteiger partial charge in [0.05, 0.1) is 6.61 Å². The Hall–Kier alpha value is -1.24. The van der Waals surface area contributed by atoms with Gasteiger partial charge in [0.15, 0.2) is 5.16 Å². The van der Waals surface area contributed by atoms with Crippen molar-refractivity contribution in [1.82, 2.24) is 14.8 Å². The number of hydrogen-bond donors (Lipinski definition) is 1. The molecule has 1 aromatic heterocycles. The van der Waals surface area contributed by atoms with Gasteiger partial charge >= 0.3 is 0 Å². The number of hydrogen-bond acceptors (Lipinski definition) is 5. The number of halogens is 1. The zero-order valence-corrected chi connectivity index (χ0v) is 13.7. The lowest BCUT2D eigenvalue weighted by Gasteiger charge is -2.05. The van der Waals surface area contributed by atoms with Crippen molar-refractivity contribution in [3.8, 4) is 5.75 Å². The van der Waals surface area contributed by atoms with Crippen LogP contribution in [0.3, 0.4) is 0 Å². The Bertz CT molecular complexity index is 521. The summed E-state index contributed by atoms with van der Waals surface area (Å²) in [5, 5.41) is 9.24. The fourth-order valence-electron chi connectivity index (χ4n) is 1.75. The monoisotopic (exact) mass is 328 g/mol. The van der Waals surface area contributed by atoms with Gasteiger partial charge in [-0.15, -0.1) is 22.6 Å². The van der Waals surface area contributed by atoms with Gasteiger partial charge in [-0.05, 0) is 25.1 Å². The minimum Gasteiger partial charge on any atom is -0.494 e. The highest BCUT2D eigenvalue weighted by molar-refractivity contribution is 7.99. The Kier molecular flexibility index (Phi) is 8.19. The molecular formula is C14H21ClN4OS. The van der Waals surface area contributed by atoms with E-state index < -0.39 is 0 Å². The zero-order valence-electron chi connectivity index (χ0n) is 12.1. The predicted octanol–water partition coefficient (Wildman–Crippen LogP) is 2.30. The molecule has 0 aliphatic heterocycles. The molecule has 0 aliphatic carbocycles. The van der Waals surface area contributed by atoms with E-state index in [1.54, 1.807) is 11.8 Å². The number of nitrogens with two attached hydrogens (primary N) is 1. The molecule has 0 spiro atoms. The Morgan fingerprint density at radius 1 is 1.24 bits per heavy atom. The van der Waals surface area contributed by atoms with Crippen molar-refractivity contribution >= 4 is 24.2 Å². The number of ether oxygens (including phenoxy) is 1. The molecule has 0 saturated heterocycles. The van der Waals surface area contributed by atoms with Crippen LogP contribution >= 0.6 is 24.2 Å². The van der Waals surface area contributed by atoms with E-state index in [1.807, 2.05) is 41.9 Å². The second-order valence-corrected chi connectivity index (χ2v) is 5.42. The van der Waals surface area contributed by atoms with Crippen LogP contribution in [0.4, 0.5) is 0 Å². The van der Waals surface area contributed by atoms with E-state index in [0.29, 0.717) is 13.2 Å². The van der Waals surface area contributed by atoms with Crippen molar-refractivity contribution in [2.75, 3.05) is 18.9 Å². The van der Waals surface area contributed by atoms with E-state index in [9.17, 15) is 0 Å². The van der Waals surface area contributed by atoms with Crippen molar-refractivity contribution in [3.63, 3.8) is 0 Å². The molecule has 0 saturated carbocycles. The van der Waals surface area contributed by atoms with E-state index in [0.717, 1.165) is 35.3 Å². The third kappa shape index (κ3) is 5.57. The summed E-state index contributed by atoms with van der Waals surface area (Å²) in [6.45, 7) is 1.31. The zero-order chi connectivity index (χ0) is 14.2. The summed E-state index contributed by atoms with van der Waals surface area (Å²) in [4.78, 5) is 0. The van der Waals surface area contributed by atoms with Gasteiger partial charge in [-0.2, -0.15) is 0 Å². The van der Waals surface area contributed by atoms with E-state index >= 15 is 0 Å². The number of thioether (sulfide) groups is 1. The highest BCUT2D eigenvalue weighted by atomic mass is 35.5. The molecule has 21 heavy (non-hydrogen) atoms. The van der Waals surface area contributed by atoms with Gasteiger partial charge in [-0.1, -0.05) is 30.0 Å². The van der Waals surface area contributed by atoms with E-state index in [1.165, 1.54) is 0 Å². The second-order valence-electron chi connectivity index (χ2n) is 4.36. The summed E-state index contributed by atoms with van der Waals surface area (Å²) in [6, 6.07) is 9.87. The van der Waals surface area contributed by atoms with Gasteiger partial charge in [-0.25, -0.2) is 0 Å². The number of rotatable bonds is 8. The lowest BCUT2D eigenvalue weighted by atomic mass is 10.3. The Morgan fingerprint density at radius 2 is 2.00 bits per heavy atom. The van der Waals surface area contributed by atoms with Crippen LogP contribution in [0, 0.1) is 0 Å². The highest BCUT2D eigenvalue weighted by Crippen LogP contribution is 2.17. The second kappa shape index (κ2) is 9.65. The molecule has 2 rings (SSSR count). The number of aromatic nitrogens is 3. The average Bonchev–Trinajstić information content (AvgIpc) is 2.82. The molecular weight excluding hydrogens is 308 g/mol. The van der Waals surface area contributed by atoms with Crippen molar-refractivity contribution in [2.45, 2.75) is 18.0 Å². The molecule has 0 bridgehead atoms. The van der Waals surface area contributed by atoms with Crippen LogP contribution in [0.2, 0.25) is 0 Å². The predicted molar refractivity (Wildman–Crippen MR) is 88.3 cm³/mol. The molecule has 0 aliphatic rings. The van der Waals surface area contributed by atoms with Crippen LogP contribution in [-0.4, -0.2) is 33.7 Å². The van der Waals surface area contributed by atoms with E-state index in [2.05, 4.69) is 10.2 Å². The van der Waals surface area contributed by atoms with Crippen LogP contribution in [0.1, 0.15) is 12.2 Å². The van der Waals surface area contributed by atoms with Crippen LogP contribution in [0.5, 0.6) is 5.75 Å². The fraction of sp³-hybridized carbons (Fsp3) is 0.429. The Labute approximate surface area is 135 Å². The molecule has 116 valence electrons. The summed E-state index contributed by atoms with van der Waals surface area (Å²) < 4.78 is 7.65. The average molecular weight is 329 g/mol. The summed E-state index contributed by atoms with van der Waals surface area (Å²) >= 11 is 1.70. The SMILES string of the molecule is Cl.Cn1c(CCN)nnc1SCCCOc1ccccc1. The fourth-order valence-corrected chi connectivity index (χ4v) is 2.59. The van der Waals surface area contributed by atoms with Crippen molar-refractivity contribution in [3.05, 3.63) is 36.2 Å². The first-order valence-electron chi connectivity index (χ1n) is 6.70. The van der Waals surface area contributed by atoms with Gasteiger partial charge in [0.2, 0.25) is 0 Å². The molecule has 2 aromatic rings. The summed E-state index contributed by atoms with van der Waals surface area (Å²) in [7, 11) is 1.98. The molecule has 0 amide bonds. The lowest BCUT2D eigenvalue weighted by Crippen LogP contribution is -2.08. The van der Waals surface area contributed by atoms with Gasteiger partial charge in [0, 0.05) is 19.2 Å². The molecule has 0 fully saturated rings.